The van der Waals surface area contributed by atoms with Crippen molar-refractivity contribution in [3.05, 3.63) is 0 Å². The average Bonchev–Trinajstić information content (AvgIpc) is 2.22. The SMILES string of the molecule is CCOC(=O)CNC(=O)COCCOC. The van der Waals surface area contributed by atoms with Gasteiger partial charge in [0.2, 0.25) is 5.91 Å². The van der Waals surface area contributed by atoms with Gasteiger partial charge in [0.15, 0.2) is 0 Å². The molecule has 0 unspecified atom stereocenters. The molecular formula is C9H17NO5. The minimum absolute atomic E-state index is 0.0806. The highest BCUT2D eigenvalue weighted by Crippen LogP contribution is 1.79. The first kappa shape index (κ1) is 13.9. The van der Waals surface area contributed by atoms with Gasteiger partial charge >= 0.3 is 5.97 Å². The predicted octanol–water partition coefficient (Wildman–Crippen LogP) is -0.671. The van der Waals surface area contributed by atoms with Crippen LogP contribution >= 0.6 is 0 Å². The number of hydrogen-bond acceptors (Lipinski definition) is 5. The van der Waals surface area contributed by atoms with Crippen LogP contribution in [0.4, 0.5) is 0 Å². The second-order valence-corrected chi connectivity index (χ2v) is 2.63. The monoisotopic (exact) mass is 219 g/mol. The van der Waals surface area contributed by atoms with Crippen molar-refractivity contribution in [2.45, 2.75) is 6.92 Å². The molecule has 15 heavy (non-hydrogen) atoms. The molecule has 1 amide bonds. The van der Waals surface area contributed by atoms with Gasteiger partial charge in [0.05, 0.1) is 19.8 Å². The molecule has 0 rings (SSSR count). The summed E-state index contributed by atoms with van der Waals surface area (Å²) in [7, 11) is 1.55. The van der Waals surface area contributed by atoms with Crippen molar-refractivity contribution < 1.29 is 23.8 Å². The summed E-state index contributed by atoms with van der Waals surface area (Å²) in [6, 6.07) is 0. The highest BCUT2D eigenvalue weighted by molar-refractivity contribution is 5.82. The molecule has 0 aliphatic carbocycles. The van der Waals surface area contributed by atoms with Gasteiger partial charge in [-0.1, -0.05) is 0 Å². The van der Waals surface area contributed by atoms with Gasteiger partial charge < -0.3 is 19.5 Å². The van der Waals surface area contributed by atoms with Crippen LogP contribution in [-0.2, 0) is 23.8 Å². The Labute approximate surface area is 88.9 Å². The first-order chi connectivity index (χ1) is 7.20. The fourth-order valence-corrected chi connectivity index (χ4v) is 0.741. The molecule has 6 nitrogen and oxygen atoms in total. The Kier molecular flexibility index (Phi) is 8.70. The minimum Gasteiger partial charge on any atom is -0.465 e. The summed E-state index contributed by atoms with van der Waals surface area (Å²) in [4.78, 5) is 21.9. The zero-order valence-electron chi connectivity index (χ0n) is 9.08. The number of methoxy groups -OCH3 is 1. The third kappa shape index (κ3) is 9.17. The Bertz CT molecular complexity index is 195. The minimum atomic E-state index is -0.456. The van der Waals surface area contributed by atoms with Gasteiger partial charge in [-0.3, -0.25) is 9.59 Å². The van der Waals surface area contributed by atoms with Gasteiger partial charge in [0.25, 0.3) is 0 Å². The number of carbonyl (C=O) groups is 2. The zero-order valence-corrected chi connectivity index (χ0v) is 9.08. The van der Waals surface area contributed by atoms with E-state index in [4.69, 9.17) is 9.47 Å². The number of esters is 1. The summed E-state index contributed by atoms with van der Waals surface area (Å²) in [6.07, 6.45) is 0. The summed E-state index contributed by atoms with van der Waals surface area (Å²) in [5, 5.41) is 2.36. The van der Waals surface area contributed by atoms with Gasteiger partial charge in [0.1, 0.15) is 13.2 Å². The fourth-order valence-electron chi connectivity index (χ4n) is 0.741. The van der Waals surface area contributed by atoms with Crippen LogP contribution in [0.2, 0.25) is 0 Å². The molecule has 0 spiro atoms. The largest absolute Gasteiger partial charge is 0.465 e. The standard InChI is InChI=1S/C9H17NO5/c1-3-15-9(12)6-10-8(11)7-14-5-4-13-2/h3-7H2,1-2H3,(H,10,11). The first-order valence-corrected chi connectivity index (χ1v) is 4.69. The third-order valence-corrected chi connectivity index (χ3v) is 1.40. The Morgan fingerprint density at radius 1 is 1.27 bits per heavy atom. The number of nitrogens with one attached hydrogen (secondary N) is 1. The van der Waals surface area contributed by atoms with Gasteiger partial charge in [-0.2, -0.15) is 0 Å². The van der Waals surface area contributed by atoms with Crippen molar-refractivity contribution in [2.75, 3.05) is 40.1 Å². The molecule has 0 saturated heterocycles. The molecule has 1 N–H and O–H groups in total. The van der Waals surface area contributed by atoms with Crippen LogP contribution in [-0.4, -0.2) is 52.0 Å². The number of carbonyl (C=O) groups excluding carboxylic acids is 2. The third-order valence-electron chi connectivity index (χ3n) is 1.40. The van der Waals surface area contributed by atoms with Gasteiger partial charge in [-0.05, 0) is 6.92 Å². The lowest BCUT2D eigenvalue weighted by molar-refractivity contribution is -0.143. The smallest absolute Gasteiger partial charge is 0.325 e. The van der Waals surface area contributed by atoms with E-state index in [1.807, 2.05) is 0 Å². The number of ether oxygens (including phenoxy) is 3. The van der Waals surface area contributed by atoms with E-state index in [9.17, 15) is 9.59 Å². The second-order valence-electron chi connectivity index (χ2n) is 2.63. The molecule has 88 valence electrons. The van der Waals surface area contributed by atoms with Crippen LogP contribution in [0.15, 0.2) is 0 Å². The van der Waals surface area contributed by atoms with Crippen molar-refractivity contribution in [1.29, 1.82) is 0 Å². The van der Waals surface area contributed by atoms with Crippen LogP contribution < -0.4 is 5.32 Å². The molecular weight excluding hydrogens is 202 g/mol. The quantitative estimate of drug-likeness (QED) is 0.433. The molecule has 0 fully saturated rings. The summed E-state index contributed by atoms with van der Waals surface area (Å²) < 4.78 is 14.3. The molecule has 0 aromatic carbocycles. The van der Waals surface area contributed by atoms with Gasteiger partial charge in [-0.15, -0.1) is 0 Å². The van der Waals surface area contributed by atoms with Crippen molar-refractivity contribution >= 4 is 11.9 Å². The topological polar surface area (TPSA) is 73.9 Å². The van der Waals surface area contributed by atoms with Crippen LogP contribution in [0.25, 0.3) is 0 Å². The summed E-state index contributed by atoms with van der Waals surface area (Å²) in [5.41, 5.74) is 0. The van der Waals surface area contributed by atoms with E-state index in [1.54, 1.807) is 14.0 Å². The summed E-state index contributed by atoms with van der Waals surface area (Å²) in [5.74, 6) is -0.804. The Balaban J connectivity index is 3.36. The molecule has 0 bridgehead atoms. The molecule has 0 radical (unpaired) electrons. The lowest BCUT2D eigenvalue weighted by Crippen LogP contribution is -2.33. The molecule has 6 heteroatoms. The lowest BCUT2D eigenvalue weighted by atomic mass is 10.5. The van der Waals surface area contributed by atoms with Crippen LogP contribution in [0.3, 0.4) is 0 Å². The number of rotatable bonds is 8. The number of hydrogen-bond donors (Lipinski definition) is 1. The predicted molar refractivity (Wildman–Crippen MR) is 52.3 cm³/mol. The van der Waals surface area contributed by atoms with Crippen molar-refractivity contribution in [2.24, 2.45) is 0 Å². The zero-order chi connectivity index (χ0) is 11.5. The van der Waals surface area contributed by atoms with Crippen molar-refractivity contribution in [1.82, 2.24) is 5.32 Å². The van der Waals surface area contributed by atoms with E-state index in [0.29, 0.717) is 19.8 Å². The van der Waals surface area contributed by atoms with Crippen LogP contribution in [0.5, 0.6) is 0 Å². The maximum Gasteiger partial charge on any atom is 0.325 e. The molecule has 0 aromatic heterocycles. The van der Waals surface area contributed by atoms with Crippen LogP contribution in [0, 0.1) is 0 Å². The second kappa shape index (κ2) is 9.42. The Hall–Kier alpha value is -1.14. The maximum atomic E-state index is 11.0. The maximum absolute atomic E-state index is 11.0. The molecule has 0 aliphatic heterocycles. The highest BCUT2D eigenvalue weighted by atomic mass is 16.5. The van der Waals surface area contributed by atoms with E-state index in [-0.39, 0.29) is 19.1 Å². The van der Waals surface area contributed by atoms with Crippen molar-refractivity contribution in [3.8, 4) is 0 Å². The molecule has 0 heterocycles. The van der Waals surface area contributed by atoms with E-state index < -0.39 is 5.97 Å². The highest BCUT2D eigenvalue weighted by Gasteiger charge is 2.05. The van der Waals surface area contributed by atoms with Gasteiger partial charge in [-0.25, -0.2) is 0 Å². The molecule has 0 saturated carbocycles. The van der Waals surface area contributed by atoms with E-state index in [1.165, 1.54) is 0 Å². The summed E-state index contributed by atoms with van der Waals surface area (Å²) in [6.45, 7) is 2.59. The molecule has 0 aromatic rings. The Morgan fingerprint density at radius 2 is 2.00 bits per heavy atom. The van der Waals surface area contributed by atoms with Gasteiger partial charge in [0, 0.05) is 7.11 Å². The first-order valence-electron chi connectivity index (χ1n) is 4.69. The van der Waals surface area contributed by atoms with E-state index in [0.717, 1.165) is 0 Å². The van der Waals surface area contributed by atoms with E-state index in [2.05, 4.69) is 10.1 Å². The average molecular weight is 219 g/mol. The number of amides is 1. The van der Waals surface area contributed by atoms with Crippen molar-refractivity contribution in [3.63, 3.8) is 0 Å². The lowest BCUT2D eigenvalue weighted by Gasteiger charge is -2.05. The fraction of sp³-hybridized carbons (Fsp3) is 0.778. The Morgan fingerprint density at radius 3 is 2.60 bits per heavy atom. The molecule has 0 atom stereocenters. The summed E-state index contributed by atoms with van der Waals surface area (Å²) >= 11 is 0. The molecule has 0 aliphatic rings. The van der Waals surface area contributed by atoms with E-state index >= 15 is 0 Å². The van der Waals surface area contributed by atoms with Crippen LogP contribution in [0.1, 0.15) is 6.92 Å². The normalized spacial score (nSPS) is 9.73.